The Morgan fingerprint density at radius 3 is 2.28 bits per heavy atom. The molecule has 0 aromatic heterocycles. The summed E-state index contributed by atoms with van der Waals surface area (Å²) in [4.78, 5) is 0. The Morgan fingerprint density at radius 1 is 1.00 bits per heavy atom. The van der Waals surface area contributed by atoms with Gasteiger partial charge in [-0.3, -0.25) is 0 Å². The van der Waals surface area contributed by atoms with Crippen molar-refractivity contribution in [2.24, 2.45) is 0 Å². The standard InChI is InChI=1S/C15H16O3/c1-9-8-13(17)14(10(2)15(9)18-3)11-6-4-5-7-12(11)16/h4-8,16-17H,1-3H3. The number of hydrogen-bond acceptors (Lipinski definition) is 3. The topological polar surface area (TPSA) is 49.7 Å². The summed E-state index contributed by atoms with van der Waals surface area (Å²) in [6.45, 7) is 3.74. The van der Waals surface area contributed by atoms with Gasteiger partial charge in [0.25, 0.3) is 0 Å². The van der Waals surface area contributed by atoms with Crippen LogP contribution in [0.5, 0.6) is 17.2 Å². The van der Waals surface area contributed by atoms with E-state index in [0.29, 0.717) is 11.1 Å². The quantitative estimate of drug-likeness (QED) is 0.851. The Labute approximate surface area is 106 Å². The molecule has 0 bridgehead atoms. The first-order valence-electron chi connectivity index (χ1n) is 5.71. The maximum Gasteiger partial charge on any atom is 0.125 e. The molecule has 0 amide bonds. The van der Waals surface area contributed by atoms with Gasteiger partial charge in [0, 0.05) is 16.7 Å². The maximum atomic E-state index is 10.1. The molecule has 0 atom stereocenters. The second-order valence-corrected chi connectivity index (χ2v) is 4.26. The van der Waals surface area contributed by atoms with Gasteiger partial charge < -0.3 is 14.9 Å². The van der Waals surface area contributed by atoms with E-state index in [1.165, 1.54) is 0 Å². The lowest BCUT2D eigenvalue weighted by Gasteiger charge is -2.16. The molecule has 0 aliphatic heterocycles. The van der Waals surface area contributed by atoms with Crippen LogP contribution in [0.3, 0.4) is 0 Å². The van der Waals surface area contributed by atoms with Gasteiger partial charge in [-0.15, -0.1) is 0 Å². The van der Waals surface area contributed by atoms with E-state index in [-0.39, 0.29) is 11.5 Å². The number of phenols is 2. The fraction of sp³-hybridized carbons (Fsp3) is 0.200. The molecule has 3 nitrogen and oxygen atoms in total. The zero-order valence-corrected chi connectivity index (χ0v) is 10.7. The van der Waals surface area contributed by atoms with Crippen molar-refractivity contribution >= 4 is 0 Å². The van der Waals surface area contributed by atoms with Crippen molar-refractivity contribution in [1.29, 1.82) is 0 Å². The normalized spacial score (nSPS) is 10.4. The molecule has 18 heavy (non-hydrogen) atoms. The summed E-state index contributed by atoms with van der Waals surface area (Å²) in [5.41, 5.74) is 2.89. The summed E-state index contributed by atoms with van der Waals surface area (Å²) in [7, 11) is 1.60. The van der Waals surface area contributed by atoms with E-state index in [1.807, 2.05) is 19.9 Å². The average Bonchev–Trinajstić information content (AvgIpc) is 2.31. The van der Waals surface area contributed by atoms with E-state index < -0.39 is 0 Å². The van der Waals surface area contributed by atoms with Gasteiger partial charge in [-0.2, -0.15) is 0 Å². The van der Waals surface area contributed by atoms with Gasteiger partial charge in [0.1, 0.15) is 17.2 Å². The molecule has 0 unspecified atom stereocenters. The van der Waals surface area contributed by atoms with E-state index in [0.717, 1.165) is 16.9 Å². The van der Waals surface area contributed by atoms with Crippen molar-refractivity contribution in [3.63, 3.8) is 0 Å². The van der Waals surface area contributed by atoms with Crippen molar-refractivity contribution in [3.8, 4) is 28.4 Å². The first kappa shape index (κ1) is 12.3. The lowest BCUT2D eigenvalue weighted by atomic mass is 9.95. The van der Waals surface area contributed by atoms with Crippen LogP contribution >= 0.6 is 0 Å². The largest absolute Gasteiger partial charge is 0.507 e. The summed E-state index contributed by atoms with van der Waals surface area (Å²) in [6.07, 6.45) is 0. The molecule has 0 radical (unpaired) electrons. The van der Waals surface area contributed by atoms with E-state index in [9.17, 15) is 10.2 Å². The van der Waals surface area contributed by atoms with Gasteiger partial charge in [-0.25, -0.2) is 0 Å². The second kappa shape index (κ2) is 4.61. The molecule has 0 saturated heterocycles. The van der Waals surface area contributed by atoms with Gasteiger partial charge in [-0.05, 0) is 31.5 Å². The van der Waals surface area contributed by atoms with Crippen LogP contribution in [0.4, 0.5) is 0 Å². The lowest BCUT2D eigenvalue weighted by Crippen LogP contribution is -1.94. The maximum absolute atomic E-state index is 10.1. The minimum atomic E-state index is 0.141. The van der Waals surface area contributed by atoms with Crippen LogP contribution in [0.2, 0.25) is 0 Å². The van der Waals surface area contributed by atoms with Crippen LogP contribution in [-0.4, -0.2) is 17.3 Å². The van der Waals surface area contributed by atoms with Gasteiger partial charge in [0.05, 0.1) is 7.11 Å². The van der Waals surface area contributed by atoms with Crippen LogP contribution in [0.15, 0.2) is 30.3 Å². The minimum Gasteiger partial charge on any atom is -0.507 e. The van der Waals surface area contributed by atoms with Crippen molar-refractivity contribution in [1.82, 2.24) is 0 Å². The van der Waals surface area contributed by atoms with Crippen molar-refractivity contribution in [2.45, 2.75) is 13.8 Å². The highest BCUT2D eigenvalue weighted by Crippen LogP contribution is 2.42. The number of ether oxygens (including phenoxy) is 1. The summed E-state index contributed by atoms with van der Waals surface area (Å²) in [6, 6.07) is 8.58. The van der Waals surface area contributed by atoms with Crippen molar-refractivity contribution in [2.75, 3.05) is 7.11 Å². The predicted molar refractivity (Wildman–Crippen MR) is 71.2 cm³/mol. The van der Waals surface area contributed by atoms with Gasteiger partial charge >= 0.3 is 0 Å². The summed E-state index contributed by atoms with van der Waals surface area (Å²) >= 11 is 0. The number of rotatable bonds is 2. The van der Waals surface area contributed by atoms with E-state index in [4.69, 9.17) is 4.74 Å². The van der Waals surface area contributed by atoms with Crippen LogP contribution in [0.1, 0.15) is 11.1 Å². The van der Waals surface area contributed by atoms with Crippen LogP contribution in [0, 0.1) is 13.8 Å². The minimum absolute atomic E-state index is 0.141. The van der Waals surface area contributed by atoms with Crippen LogP contribution < -0.4 is 4.74 Å². The number of para-hydroxylation sites is 1. The third-order valence-corrected chi connectivity index (χ3v) is 3.06. The Balaban J connectivity index is 2.76. The number of benzene rings is 2. The molecule has 3 heteroatoms. The number of methoxy groups -OCH3 is 1. The third-order valence-electron chi connectivity index (χ3n) is 3.06. The fourth-order valence-electron chi connectivity index (χ4n) is 2.28. The highest BCUT2D eigenvalue weighted by atomic mass is 16.5. The van der Waals surface area contributed by atoms with Gasteiger partial charge in [0.15, 0.2) is 0 Å². The monoisotopic (exact) mass is 244 g/mol. The Hall–Kier alpha value is -2.16. The highest BCUT2D eigenvalue weighted by Gasteiger charge is 2.17. The highest BCUT2D eigenvalue weighted by molar-refractivity contribution is 5.80. The van der Waals surface area contributed by atoms with Crippen molar-refractivity contribution < 1.29 is 14.9 Å². The molecule has 0 spiro atoms. The first-order chi connectivity index (χ1) is 8.56. The molecule has 2 aromatic carbocycles. The van der Waals surface area contributed by atoms with Gasteiger partial charge in [-0.1, -0.05) is 18.2 Å². The fourth-order valence-corrected chi connectivity index (χ4v) is 2.28. The summed E-state index contributed by atoms with van der Waals surface area (Å²) in [5, 5.41) is 20.0. The number of hydrogen-bond donors (Lipinski definition) is 2. The SMILES string of the molecule is COc1c(C)cc(O)c(-c2ccccc2O)c1C. The molecule has 0 fully saturated rings. The first-order valence-corrected chi connectivity index (χ1v) is 5.71. The predicted octanol–water partition coefficient (Wildman–Crippen LogP) is 3.39. The zero-order valence-electron chi connectivity index (χ0n) is 10.7. The molecule has 2 N–H and O–H groups in total. The van der Waals surface area contributed by atoms with E-state index in [2.05, 4.69) is 0 Å². The molecular weight excluding hydrogens is 228 g/mol. The molecule has 0 heterocycles. The number of aromatic hydroxyl groups is 2. The second-order valence-electron chi connectivity index (χ2n) is 4.26. The molecule has 0 aliphatic carbocycles. The molecule has 94 valence electrons. The van der Waals surface area contributed by atoms with E-state index >= 15 is 0 Å². The smallest absolute Gasteiger partial charge is 0.125 e. The average molecular weight is 244 g/mol. The summed E-state index contributed by atoms with van der Waals surface area (Å²) in [5.74, 6) is 1.01. The number of aryl methyl sites for hydroxylation is 1. The van der Waals surface area contributed by atoms with Crippen LogP contribution in [0.25, 0.3) is 11.1 Å². The zero-order chi connectivity index (χ0) is 13.3. The lowest BCUT2D eigenvalue weighted by molar-refractivity contribution is 0.406. The Bertz CT molecular complexity index is 589. The molecule has 0 aliphatic rings. The molecule has 2 rings (SSSR count). The van der Waals surface area contributed by atoms with Gasteiger partial charge in [0.2, 0.25) is 0 Å². The Kier molecular flexibility index (Phi) is 3.15. The number of phenolic OH excluding ortho intramolecular Hbond substituents is 2. The van der Waals surface area contributed by atoms with Crippen LogP contribution in [-0.2, 0) is 0 Å². The third kappa shape index (κ3) is 1.88. The molecule has 2 aromatic rings. The molecule has 0 saturated carbocycles. The Morgan fingerprint density at radius 2 is 1.67 bits per heavy atom. The van der Waals surface area contributed by atoms with E-state index in [1.54, 1.807) is 31.4 Å². The summed E-state index contributed by atoms with van der Waals surface area (Å²) < 4.78 is 5.34. The van der Waals surface area contributed by atoms with Crippen molar-refractivity contribution in [3.05, 3.63) is 41.5 Å². The molecular formula is C15H16O3.